The van der Waals surface area contributed by atoms with Gasteiger partial charge in [-0.2, -0.15) is 0 Å². The van der Waals surface area contributed by atoms with Crippen LogP contribution in [0.3, 0.4) is 0 Å². The van der Waals surface area contributed by atoms with Crippen molar-refractivity contribution in [2.45, 2.75) is 13.0 Å². The second-order valence-electron chi connectivity index (χ2n) is 3.96. The van der Waals surface area contributed by atoms with Crippen molar-refractivity contribution < 1.29 is 9.90 Å². The number of carboxylic acid groups (broad SMARTS) is 1. The van der Waals surface area contributed by atoms with Gasteiger partial charge in [0, 0.05) is 12.2 Å². The van der Waals surface area contributed by atoms with Crippen LogP contribution >= 0.6 is 22.9 Å². The standard InChI is InChI=1S/C13H13ClN2O2S/c14-11-8-15-12(19-11)9-16(7-6-13(17)18)10-4-2-1-3-5-10/h1-5,8H,6-7,9H2,(H,17,18). The predicted molar refractivity (Wildman–Crippen MR) is 76.9 cm³/mol. The molecule has 0 aliphatic carbocycles. The summed E-state index contributed by atoms with van der Waals surface area (Å²) in [6.07, 6.45) is 1.70. The summed E-state index contributed by atoms with van der Waals surface area (Å²) in [7, 11) is 0. The Labute approximate surface area is 120 Å². The minimum atomic E-state index is -0.807. The Morgan fingerprint density at radius 2 is 2.11 bits per heavy atom. The highest BCUT2D eigenvalue weighted by Gasteiger charge is 2.11. The van der Waals surface area contributed by atoms with Gasteiger partial charge in [0.1, 0.15) is 9.34 Å². The summed E-state index contributed by atoms with van der Waals surface area (Å²) in [4.78, 5) is 16.9. The molecule has 0 saturated carbocycles. The van der Waals surface area contributed by atoms with E-state index in [0.717, 1.165) is 10.7 Å². The molecule has 19 heavy (non-hydrogen) atoms. The number of halogens is 1. The number of hydrogen-bond donors (Lipinski definition) is 1. The van der Waals surface area contributed by atoms with Gasteiger partial charge >= 0.3 is 5.97 Å². The van der Waals surface area contributed by atoms with E-state index in [4.69, 9.17) is 16.7 Å². The highest BCUT2D eigenvalue weighted by atomic mass is 35.5. The lowest BCUT2D eigenvalue weighted by molar-refractivity contribution is -0.136. The molecule has 0 amide bonds. The normalized spacial score (nSPS) is 10.4. The molecule has 0 unspecified atom stereocenters. The number of anilines is 1. The molecule has 1 aromatic heterocycles. The Hall–Kier alpha value is -1.59. The molecule has 6 heteroatoms. The van der Waals surface area contributed by atoms with Crippen molar-refractivity contribution in [2.75, 3.05) is 11.4 Å². The fourth-order valence-corrected chi connectivity index (χ4v) is 2.67. The third-order valence-electron chi connectivity index (χ3n) is 2.57. The second-order valence-corrected chi connectivity index (χ2v) is 5.71. The SMILES string of the molecule is O=C(O)CCN(Cc1ncc(Cl)s1)c1ccccc1. The van der Waals surface area contributed by atoms with Crippen LogP contribution in [0.4, 0.5) is 5.69 Å². The van der Waals surface area contributed by atoms with E-state index in [9.17, 15) is 4.79 Å². The van der Waals surface area contributed by atoms with E-state index in [2.05, 4.69) is 4.98 Å². The topological polar surface area (TPSA) is 53.4 Å². The number of nitrogens with zero attached hydrogens (tertiary/aromatic N) is 2. The monoisotopic (exact) mass is 296 g/mol. The summed E-state index contributed by atoms with van der Waals surface area (Å²) in [5, 5.41) is 9.69. The molecule has 100 valence electrons. The van der Waals surface area contributed by atoms with Crippen molar-refractivity contribution in [3.05, 3.63) is 45.9 Å². The highest BCUT2D eigenvalue weighted by Crippen LogP contribution is 2.22. The molecule has 1 heterocycles. The lowest BCUT2D eigenvalue weighted by atomic mass is 10.2. The lowest BCUT2D eigenvalue weighted by Crippen LogP contribution is -2.25. The Morgan fingerprint density at radius 1 is 1.37 bits per heavy atom. The summed E-state index contributed by atoms with van der Waals surface area (Å²) in [6, 6.07) is 9.70. The molecular weight excluding hydrogens is 284 g/mol. The number of aromatic nitrogens is 1. The van der Waals surface area contributed by atoms with Gasteiger partial charge in [0.2, 0.25) is 0 Å². The van der Waals surface area contributed by atoms with Crippen LogP contribution in [0, 0.1) is 0 Å². The number of para-hydroxylation sites is 1. The fourth-order valence-electron chi connectivity index (χ4n) is 1.69. The molecule has 2 rings (SSSR count). The minimum absolute atomic E-state index is 0.0913. The zero-order valence-corrected chi connectivity index (χ0v) is 11.7. The van der Waals surface area contributed by atoms with Crippen LogP contribution in [0.15, 0.2) is 36.5 Å². The number of benzene rings is 1. The van der Waals surface area contributed by atoms with Gasteiger partial charge in [0.05, 0.1) is 19.2 Å². The Kier molecular flexibility index (Phi) is 4.76. The third-order valence-corrected chi connectivity index (χ3v) is 3.67. The first-order valence-electron chi connectivity index (χ1n) is 5.77. The van der Waals surface area contributed by atoms with Crippen LogP contribution in [-0.2, 0) is 11.3 Å². The van der Waals surface area contributed by atoms with Crippen molar-refractivity contribution >= 4 is 34.6 Å². The van der Waals surface area contributed by atoms with Crippen LogP contribution in [0.5, 0.6) is 0 Å². The van der Waals surface area contributed by atoms with Gasteiger partial charge in [-0.05, 0) is 12.1 Å². The summed E-state index contributed by atoms with van der Waals surface area (Å²) in [6.45, 7) is 1.01. The predicted octanol–water partition coefficient (Wildman–Crippen LogP) is 3.28. The molecule has 0 fully saturated rings. The third kappa shape index (κ3) is 4.22. The summed E-state index contributed by atoms with van der Waals surface area (Å²) in [5.74, 6) is -0.807. The number of carboxylic acids is 1. The van der Waals surface area contributed by atoms with E-state index in [1.807, 2.05) is 35.2 Å². The summed E-state index contributed by atoms with van der Waals surface area (Å²) >= 11 is 7.27. The van der Waals surface area contributed by atoms with Crippen LogP contribution in [0.1, 0.15) is 11.4 Å². The van der Waals surface area contributed by atoms with Crippen LogP contribution in [0.25, 0.3) is 0 Å². The highest BCUT2D eigenvalue weighted by molar-refractivity contribution is 7.15. The lowest BCUT2D eigenvalue weighted by Gasteiger charge is -2.22. The smallest absolute Gasteiger partial charge is 0.305 e. The van der Waals surface area contributed by atoms with E-state index in [1.54, 1.807) is 6.20 Å². The van der Waals surface area contributed by atoms with Crippen molar-refractivity contribution in [1.29, 1.82) is 0 Å². The first kappa shape index (κ1) is 13.8. The molecule has 0 aliphatic rings. The van der Waals surface area contributed by atoms with Crippen LogP contribution in [-0.4, -0.2) is 22.6 Å². The summed E-state index contributed by atoms with van der Waals surface area (Å²) in [5.41, 5.74) is 0.982. The molecular formula is C13H13ClN2O2S. The second kappa shape index (κ2) is 6.54. The van der Waals surface area contributed by atoms with Gasteiger partial charge in [-0.25, -0.2) is 4.98 Å². The average molecular weight is 297 g/mol. The van der Waals surface area contributed by atoms with Gasteiger partial charge in [-0.3, -0.25) is 4.79 Å². The van der Waals surface area contributed by atoms with Gasteiger partial charge in [0.25, 0.3) is 0 Å². The van der Waals surface area contributed by atoms with Crippen LogP contribution < -0.4 is 4.90 Å². The Balaban J connectivity index is 2.12. The van der Waals surface area contributed by atoms with E-state index in [1.165, 1.54) is 11.3 Å². The number of thiazole rings is 1. The maximum absolute atomic E-state index is 10.7. The van der Waals surface area contributed by atoms with Crippen molar-refractivity contribution in [1.82, 2.24) is 4.98 Å². The quantitative estimate of drug-likeness (QED) is 0.889. The largest absolute Gasteiger partial charge is 0.481 e. The molecule has 4 nitrogen and oxygen atoms in total. The molecule has 0 radical (unpaired) electrons. The Morgan fingerprint density at radius 3 is 2.68 bits per heavy atom. The summed E-state index contributed by atoms with van der Waals surface area (Å²) < 4.78 is 0.640. The van der Waals surface area contributed by atoms with E-state index < -0.39 is 5.97 Å². The molecule has 0 bridgehead atoms. The molecule has 0 atom stereocenters. The van der Waals surface area contributed by atoms with E-state index in [0.29, 0.717) is 17.4 Å². The Bertz CT molecular complexity index is 545. The zero-order chi connectivity index (χ0) is 13.7. The van der Waals surface area contributed by atoms with Gasteiger partial charge in [0.15, 0.2) is 0 Å². The van der Waals surface area contributed by atoms with Crippen molar-refractivity contribution in [3.8, 4) is 0 Å². The fraction of sp³-hybridized carbons (Fsp3) is 0.231. The first-order chi connectivity index (χ1) is 9.15. The number of aliphatic carboxylic acids is 1. The maximum atomic E-state index is 10.7. The molecule has 0 spiro atoms. The van der Waals surface area contributed by atoms with Gasteiger partial charge in [-0.15, -0.1) is 11.3 Å². The zero-order valence-electron chi connectivity index (χ0n) is 10.1. The van der Waals surface area contributed by atoms with Gasteiger partial charge in [-0.1, -0.05) is 29.8 Å². The van der Waals surface area contributed by atoms with Crippen molar-refractivity contribution in [3.63, 3.8) is 0 Å². The molecule has 0 aliphatic heterocycles. The molecule has 2 aromatic rings. The van der Waals surface area contributed by atoms with Crippen LogP contribution in [0.2, 0.25) is 4.34 Å². The van der Waals surface area contributed by atoms with Gasteiger partial charge < -0.3 is 10.0 Å². The van der Waals surface area contributed by atoms with E-state index >= 15 is 0 Å². The first-order valence-corrected chi connectivity index (χ1v) is 6.96. The molecule has 1 aromatic carbocycles. The maximum Gasteiger partial charge on any atom is 0.305 e. The molecule has 0 saturated heterocycles. The minimum Gasteiger partial charge on any atom is -0.481 e. The average Bonchev–Trinajstić information content (AvgIpc) is 2.81. The number of carbonyl (C=O) groups is 1. The molecule has 1 N–H and O–H groups in total. The number of rotatable bonds is 6. The van der Waals surface area contributed by atoms with E-state index in [-0.39, 0.29) is 6.42 Å². The number of hydrogen-bond acceptors (Lipinski definition) is 4. The van der Waals surface area contributed by atoms with Crippen molar-refractivity contribution in [2.24, 2.45) is 0 Å².